The number of hydrazine groups is 1. The van der Waals surface area contributed by atoms with Crippen molar-refractivity contribution in [3.05, 3.63) is 96.7 Å². The smallest absolute Gasteiger partial charge is 0.259 e. The number of carbonyl (C=O) groups is 4. The average Bonchev–Trinajstić information content (AvgIpc) is 4.04. The van der Waals surface area contributed by atoms with E-state index >= 15 is 0 Å². The molecule has 15 nitrogen and oxygen atoms in total. The Hall–Kier alpha value is -6.35. The number of amides is 4. The van der Waals surface area contributed by atoms with Gasteiger partial charge < -0.3 is 29.2 Å². The van der Waals surface area contributed by atoms with Gasteiger partial charge in [-0.1, -0.05) is 46.4 Å². The van der Waals surface area contributed by atoms with Gasteiger partial charge >= 0.3 is 0 Å². The molecule has 0 spiro atoms. The molecule has 3 N–H and O–H groups in total. The van der Waals surface area contributed by atoms with Crippen LogP contribution in [0, 0.1) is 11.8 Å². The average molecular weight is 856 g/mol. The number of hydrogen-bond donors (Lipinski definition) is 3. The second-order valence-electron chi connectivity index (χ2n) is 18.1. The van der Waals surface area contributed by atoms with Crippen molar-refractivity contribution in [1.29, 1.82) is 0 Å². The van der Waals surface area contributed by atoms with E-state index in [2.05, 4.69) is 64.8 Å². The third-order valence-electron chi connectivity index (χ3n) is 12.9. The Labute approximate surface area is 367 Å². The molecule has 3 aliphatic rings. The van der Waals surface area contributed by atoms with Crippen LogP contribution in [-0.2, 0) is 44.0 Å². The molecule has 3 aromatic heterocycles. The molecule has 8 rings (SSSR count). The minimum Gasteiger partial charge on any atom is -0.508 e. The van der Waals surface area contributed by atoms with E-state index in [1.165, 1.54) is 22.3 Å². The number of hydrogen-bond acceptors (Lipinski definition) is 10. The first kappa shape index (κ1) is 43.3. The zero-order chi connectivity index (χ0) is 44.7. The van der Waals surface area contributed by atoms with Gasteiger partial charge in [0.15, 0.2) is 0 Å². The van der Waals surface area contributed by atoms with Gasteiger partial charge in [0.1, 0.15) is 36.0 Å². The maximum atomic E-state index is 14.8. The summed E-state index contributed by atoms with van der Waals surface area (Å²) in [7, 11) is 1.61. The van der Waals surface area contributed by atoms with Crippen LogP contribution in [0.25, 0.3) is 33.3 Å². The fourth-order valence-corrected chi connectivity index (χ4v) is 9.76. The van der Waals surface area contributed by atoms with E-state index in [0.717, 1.165) is 38.9 Å². The van der Waals surface area contributed by atoms with Crippen molar-refractivity contribution in [2.45, 2.75) is 96.8 Å². The normalized spacial score (nSPS) is 20.4. The Kier molecular flexibility index (Phi) is 12.0. The van der Waals surface area contributed by atoms with Crippen molar-refractivity contribution in [3.63, 3.8) is 0 Å². The lowest BCUT2D eigenvalue weighted by Gasteiger charge is -2.36. The lowest BCUT2D eigenvalue weighted by molar-refractivity contribution is -0.146. The number of likely N-dealkylation sites (tertiary alicyclic amines) is 1. The van der Waals surface area contributed by atoms with Crippen LogP contribution in [-0.4, -0.2) is 102 Å². The van der Waals surface area contributed by atoms with Crippen LogP contribution in [0.2, 0.25) is 0 Å². The Bertz CT molecular complexity index is 2560. The highest BCUT2D eigenvalue weighted by Crippen LogP contribution is 2.41. The van der Waals surface area contributed by atoms with Crippen LogP contribution in [0.15, 0.2) is 78.4 Å². The molecule has 2 saturated heterocycles. The topological polar surface area (TPSA) is 179 Å². The Balaban J connectivity index is 1.21. The first-order chi connectivity index (χ1) is 30.2. The van der Waals surface area contributed by atoms with Crippen LogP contribution in [0.3, 0.4) is 0 Å². The quantitative estimate of drug-likeness (QED) is 0.164. The first-order valence-corrected chi connectivity index (χ1v) is 21.9. The summed E-state index contributed by atoms with van der Waals surface area (Å²) in [5.41, 5.74) is 9.13. The summed E-state index contributed by atoms with van der Waals surface area (Å²) in [6.07, 6.45) is 10.7. The van der Waals surface area contributed by atoms with Crippen molar-refractivity contribution in [2.75, 3.05) is 26.7 Å². The van der Waals surface area contributed by atoms with Crippen molar-refractivity contribution in [1.82, 2.24) is 45.1 Å². The van der Waals surface area contributed by atoms with E-state index in [0.29, 0.717) is 62.5 Å². The maximum absolute atomic E-state index is 14.8. The summed E-state index contributed by atoms with van der Waals surface area (Å²) < 4.78 is 8.89. The number of aryl methyl sites for hydroxylation is 1. The number of aromatic hydroxyl groups is 1. The molecule has 63 heavy (non-hydrogen) atoms. The Morgan fingerprint density at radius 3 is 2.57 bits per heavy atom. The second-order valence-corrected chi connectivity index (χ2v) is 18.1. The fourth-order valence-electron chi connectivity index (χ4n) is 9.76. The highest BCUT2D eigenvalue weighted by molar-refractivity contribution is 5.96. The molecule has 2 aromatic carbocycles. The molecule has 15 heteroatoms. The van der Waals surface area contributed by atoms with Crippen molar-refractivity contribution < 1.29 is 28.7 Å². The van der Waals surface area contributed by atoms with E-state index in [9.17, 15) is 24.3 Å². The van der Waals surface area contributed by atoms with Gasteiger partial charge in [-0.05, 0) is 91.1 Å². The van der Waals surface area contributed by atoms with Gasteiger partial charge in [0.2, 0.25) is 23.6 Å². The minimum absolute atomic E-state index is 0.0184. The predicted octanol–water partition coefficient (Wildman–Crippen LogP) is 5.73. The highest BCUT2D eigenvalue weighted by Gasteiger charge is 2.40. The van der Waals surface area contributed by atoms with Crippen molar-refractivity contribution >= 4 is 34.5 Å². The lowest BCUT2D eigenvalue weighted by Crippen LogP contribution is -2.60. The monoisotopic (exact) mass is 855 g/mol. The van der Waals surface area contributed by atoms with Gasteiger partial charge in [0.05, 0.1) is 17.8 Å². The van der Waals surface area contributed by atoms with Crippen LogP contribution < -0.4 is 10.7 Å². The van der Waals surface area contributed by atoms with Crippen LogP contribution in [0.1, 0.15) is 82.7 Å². The first-order valence-electron chi connectivity index (χ1n) is 21.9. The number of rotatable bonds is 8. The zero-order valence-corrected chi connectivity index (χ0v) is 36.9. The summed E-state index contributed by atoms with van der Waals surface area (Å²) in [4.78, 5) is 72.1. The molecule has 4 amide bonds. The Morgan fingerprint density at radius 1 is 1.06 bits per heavy atom. The predicted molar refractivity (Wildman–Crippen MR) is 238 cm³/mol. The molecule has 3 aliphatic heterocycles. The number of nitrogens with zero attached hydrogens (tertiary/aromatic N) is 7. The number of nitrogens with one attached hydrogen (secondary N) is 2. The lowest BCUT2D eigenvalue weighted by atomic mass is 9.82. The summed E-state index contributed by atoms with van der Waals surface area (Å²) in [6.45, 7) is 15.4. The molecule has 1 unspecified atom stereocenters. The number of aromatic nitrogens is 4. The van der Waals surface area contributed by atoms with Crippen LogP contribution >= 0.6 is 0 Å². The van der Waals surface area contributed by atoms with E-state index in [4.69, 9.17) is 9.40 Å². The van der Waals surface area contributed by atoms with Gasteiger partial charge in [-0.25, -0.2) is 20.4 Å². The van der Waals surface area contributed by atoms with Gasteiger partial charge in [-0.2, -0.15) is 0 Å². The molecule has 8 bridgehead atoms. The number of fused-ring (bicyclic) bond motifs is 9. The summed E-state index contributed by atoms with van der Waals surface area (Å²) >= 11 is 0. The van der Waals surface area contributed by atoms with Crippen molar-refractivity contribution in [3.8, 4) is 28.1 Å². The molecular formula is C48H57N9O6. The fraction of sp³-hybridized carbons (Fsp3) is 0.438. The number of likely N-dealkylation sites (N-methyl/N-ethyl adjacent to an activating group) is 1. The zero-order valence-electron chi connectivity index (χ0n) is 36.9. The maximum Gasteiger partial charge on any atom is 0.259 e. The summed E-state index contributed by atoms with van der Waals surface area (Å²) in [5, 5.41) is 16.9. The third-order valence-corrected chi connectivity index (χ3v) is 12.9. The van der Waals surface area contributed by atoms with Crippen molar-refractivity contribution in [2.24, 2.45) is 11.8 Å². The SMILES string of the molecule is C=CC(=O)N1CCC(C(=O)N(C)[C@H](C(=O)N[C@H]2Cc3cc(O)cc(c3)-c3ccc4c(c3)c(c(-c3cncnc3)n4CC)CC(C)(C)c3cnc(o3)[C@@H]3CCCN(N3)C2=O)C(C)C)C1. The molecular weight excluding hydrogens is 799 g/mol. The molecule has 5 aromatic rings. The van der Waals surface area contributed by atoms with Crippen LogP contribution in [0.4, 0.5) is 0 Å². The third kappa shape index (κ3) is 8.45. The highest BCUT2D eigenvalue weighted by atomic mass is 16.4. The molecule has 0 saturated carbocycles. The van der Waals surface area contributed by atoms with Crippen LogP contribution in [0.5, 0.6) is 5.75 Å². The van der Waals surface area contributed by atoms with Gasteiger partial charge in [-0.15, -0.1) is 0 Å². The molecule has 0 radical (unpaired) electrons. The number of phenols is 1. The molecule has 6 heterocycles. The number of carbonyl (C=O) groups excluding carboxylic acids is 4. The van der Waals surface area contributed by atoms with Gasteiger partial charge in [0, 0.05) is 73.9 Å². The molecule has 330 valence electrons. The van der Waals surface area contributed by atoms with E-state index in [-0.39, 0.29) is 42.4 Å². The minimum atomic E-state index is -1.09. The summed E-state index contributed by atoms with van der Waals surface area (Å²) in [5.74, 6) is -0.939. The molecule has 0 aliphatic carbocycles. The summed E-state index contributed by atoms with van der Waals surface area (Å²) in [6, 6.07) is 9.15. The Morgan fingerprint density at radius 2 is 1.84 bits per heavy atom. The largest absolute Gasteiger partial charge is 0.508 e. The number of benzene rings is 2. The van der Waals surface area contributed by atoms with Gasteiger partial charge in [0.25, 0.3) is 5.91 Å². The number of oxazole rings is 1. The second kappa shape index (κ2) is 17.4. The van der Waals surface area contributed by atoms with E-state index < -0.39 is 35.4 Å². The van der Waals surface area contributed by atoms with E-state index in [1.807, 2.05) is 38.4 Å². The molecule has 2 fully saturated rings. The number of phenolic OH excluding ortho intramolecular Hbond substituents is 1. The molecule has 4 atom stereocenters. The van der Waals surface area contributed by atoms with Gasteiger partial charge in [-0.3, -0.25) is 24.2 Å². The van der Waals surface area contributed by atoms with E-state index in [1.54, 1.807) is 30.3 Å². The standard InChI is InChI=1S/C48H57N9O6/c1-8-41(59)55-16-14-31(26-55)46(61)54(7)42(28(3)4)44(60)52-38-19-29-17-32(20-34(58)18-29)30-12-13-39-35(21-30)36(43(56(39)9-2)33-23-49-27-50-24-33)22-48(5,6)40-25-51-45(63-40)37-11-10-15-57(53-37)47(38)62/h8,12-13,17-18,20-21,23-25,27-28,31,37-38,42,53,58H,1,9-11,14-16,19,22,26H2,2-7H3,(H,52,60)/t31?,37-,38-,42-/m0/s1.